The third-order valence-corrected chi connectivity index (χ3v) is 6.54. The first-order valence-corrected chi connectivity index (χ1v) is 12.2. The molecule has 238 valence electrons. The summed E-state index contributed by atoms with van der Waals surface area (Å²) in [6.07, 6.45) is -25.0. The number of aromatic nitrogens is 1. The maximum absolute atomic E-state index is 14.6. The molecular weight excluding hydrogens is 701 g/mol. The van der Waals surface area contributed by atoms with Gasteiger partial charge in [-0.05, 0) is 58.4 Å². The molecule has 0 radical (unpaired) electrons. The summed E-state index contributed by atoms with van der Waals surface area (Å²) in [5.41, 5.74) is -18.5. The first kappa shape index (κ1) is 34.6. The molecule has 0 saturated heterocycles. The summed E-state index contributed by atoms with van der Waals surface area (Å²) < 4.78 is 178. The molecule has 0 aliphatic rings. The maximum atomic E-state index is 14.6. The van der Waals surface area contributed by atoms with Crippen LogP contribution >= 0.6 is 15.9 Å². The van der Waals surface area contributed by atoms with E-state index >= 15 is 0 Å². The van der Waals surface area contributed by atoms with Gasteiger partial charge in [-0.15, -0.1) is 0 Å². The van der Waals surface area contributed by atoms with Gasteiger partial charge in [-0.3, -0.25) is 9.59 Å². The van der Waals surface area contributed by atoms with Gasteiger partial charge in [0.05, 0.1) is 22.4 Å². The summed E-state index contributed by atoms with van der Waals surface area (Å²) in [6.45, 7) is 0. The van der Waals surface area contributed by atoms with E-state index in [4.69, 9.17) is 0 Å². The fourth-order valence-electron chi connectivity index (χ4n) is 3.89. The van der Waals surface area contributed by atoms with Crippen molar-refractivity contribution in [2.45, 2.75) is 30.4 Å². The van der Waals surface area contributed by atoms with E-state index in [0.29, 0.717) is 7.05 Å². The molecule has 1 heterocycles. The number of carbonyl (C=O) groups is 2. The van der Waals surface area contributed by atoms with Crippen molar-refractivity contribution < 1.29 is 66.7 Å². The van der Waals surface area contributed by atoms with Gasteiger partial charge in [-0.1, -0.05) is 6.07 Å². The molecule has 3 rings (SSSR count). The monoisotopic (exact) mass is 713 g/mol. The van der Waals surface area contributed by atoms with E-state index < -0.39 is 82.3 Å². The quantitative estimate of drug-likeness (QED) is 0.213. The number of anilines is 2. The molecule has 0 saturated carbocycles. The standard InChI is InChI=1S/C25H13BrF13N3O2/c1-42(20(44)11-4-2-5-13(8-11)41-19(43)14-6-3-7-40-18(14)26)17-15(22(28,29)30)9-12(10-16(17)23(31,32)33)21(27,24(34,35)36)25(37,38)39/h2-10H,1H3,(H,41,43). The van der Waals surface area contributed by atoms with Gasteiger partial charge >= 0.3 is 30.4 Å². The second-order valence-electron chi connectivity index (χ2n) is 8.81. The van der Waals surface area contributed by atoms with E-state index in [1.165, 1.54) is 24.4 Å². The first-order chi connectivity index (χ1) is 19.9. The van der Waals surface area contributed by atoms with Crippen LogP contribution in [0.2, 0.25) is 0 Å². The van der Waals surface area contributed by atoms with E-state index in [-0.39, 0.29) is 20.8 Å². The Kier molecular flexibility index (Phi) is 9.08. The zero-order valence-electron chi connectivity index (χ0n) is 21.2. The minimum atomic E-state index is -7.05. The number of halogens is 14. The van der Waals surface area contributed by atoms with Crippen molar-refractivity contribution in [2.24, 2.45) is 0 Å². The van der Waals surface area contributed by atoms with Crippen LogP contribution in [0.15, 0.2) is 59.3 Å². The van der Waals surface area contributed by atoms with E-state index in [9.17, 15) is 66.7 Å². The molecule has 1 N–H and O–H groups in total. The number of carbonyl (C=O) groups excluding carboxylic acids is 2. The van der Waals surface area contributed by atoms with Crippen LogP contribution in [0.3, 0.4) is 0 Å². The van der Waals surface area contributed by atoms with Crippen LogP contribution < -0.4 is 10.2 Å². The molecule has 0 unspecified atom stereocenters. The van der Waals surface area contributed by atoms with Crippen LogP contribution in [0.5, 0.6) is 0 Å². The average molecular weight is 714 g/mol. The average Bonchev–Trinajstić information content (AvgIpc) is 2.89. The largest absolute Gasteiger partial charge is 0.435 e. The number of nitrogens with zero attached hydrogens (tertiary/aromatic N) is 2. The summed E-state index contributed by atoms with van der Waals surface area (Å²) in [5, 5.41) is 2.30. The van der Waals surface area contributed by atoms with Crippen molar-refractivity contribution in [3.05, 3.63) is 87.1 Å². The number of alkyl halides is 13. The maximum Gasteiger partial charge on any atom is 0.435 e. The lowest BCUT2D eigenvalue weighted by molar-refractivity contribution is -0.348. The molecular formula is C25H13BrF13N3O2. The highest BCUT2D eigenvalue weighted by Gasteiger charge is 2.74. The van der Waals surface area contributed by atoms with Crippen molar-refractivity contribution in [3.63, 3.8) is 0 Å². The molecule has 0 fully saturated rings. The third kappa shape index (κ3) is 6.61. The lowest BCUT2D eigenvalue weighted by Crippen LogP contribution is -2.50. The van der Waals surface area contributed by atoms with Crippen LogP contribution in [-0.2, 0) is 18.0 Å². The predicted octanol–water partition coefficient (Wildman–Crippen LogP) is 8.70. The number of benzene rings is 2. The summed E-state index contributed by atoms with van der Waals surface area (Å²) >= 11 is 3.01. The SMILES string of the molecule is CN(C(=O)c1cccc(NC(=O)c2cccnc2Br)c1)c1c(C(F)(F)F)cc(C(F)(C(F)(F)F)C(F)(F)F)cc1C(F)(F)F. The molecule has 5 nitrogen and oxygen atoms in total. The van der Waals surface area contributed by atoms with Crippen molar-refractivity contribution in [1.82, 2.24) is 4.98 Å². The van der Waals surface area contributed by atoms with Crippen LogP contribution in [0.25, 0.3) is 0 Å². The van der Waals surface area contributed by atoms with Gasteiger partial charge in [0.15, 0.2) is 0 Å². The molecule has 2 amide bonds. The molecule has 19 heteroatoms. The Hall–Kier alpha value is -3.90. The van der Waals surface area contributed by atoms with Crippen LogP contribution in [0, 0.1) is 0 Å². The Labute approximate surface area is 245 Å². The lowest BCUT2D eigenvalue weighted by Gasteiger charge is -2.33. The van der Waals surface area contributed by atoms with Crippen LogP contribution in [0.1, 0.15) is 37.4 Å². The minimum Gasteiger partial charge on any atom is -0.322 e. The van der Waals surface area contributed by atoms with Crippen molar-refractivity contribution in [1.29, 1.82) is 0 Å². The molecule has 1 aromatic heterocycles. The molecule has 2 aromatic carbocycles. The highest BCUT2D eigenvalue weighted by Crippen LogP contribution is 2.56. The molecule has 3 aromatic rings. The molecule has 0 atom stereocenters. The number of rotatable bonds is 5. The number of hydrogen-bond donors (Lipinski definition) is 1. The normalized spacial score (nSPS) is 13.1. The Morgan fingerprint density at radius 2 is 1.30 bits per heavy atom. The van der Waals surface area contributed by atoms with Crippen molar-refractivity contribution >= 4 is 39.1 Å². The van der Waals surface area contributed by atoms with E-state index in [0.717, 1.165) is 18.2 Å². The van der Waals surface area contributed by atoms with Crippen LogP contribution in [-0.4, -0.2) is 36.2 Å². The highest BCUT2D eigenvalue weighted by atomic mass is 79.9. The second-order valence-corrected chi connectivity index (χ2v) is 9.56. The van der Waals surface area contributed by atoms with E-state index in [2.05, 4.69) is 26.2 Å². The minimum absolute atomic E-state index is 0.0206. The van der Waals surface area contributed by atoms with Gasteiger partial charge in [0, 0.05) is 30.1 Å². The second kappa shape index (κ2) is 11.6. The number of hydrogen-bond acceptors (Lipinski definition) is 3. The molecule has 0 aliphatic heterocycles. The van der Waals surface area contributed by atoms with Gasteiger partial charge in [0.25, 0.3) is 11.8 Å². The van der Waals surface area contributed by atoms with Crippen LogP contribution in [0.4, 0.5) is 68.5 Å². The third-order valence-electron chi connectivity index (χ3n) is 5.91. The zero-order chi connectivity index (χ0) is 33.6. The van der Waals surface area contributed by atoms with E-state index in [1.54, 1.807) is 0 Å². The topological polar surface area (TPSA) is 62.3 Å². The molecule has 0 bridgehead atoms. The summed E-state index contributed by atoms with van der Waals surface area (Å²) in [5.74, 6) is -2.49. The molecule has 0 aliphatic carbocycles. The van der Waals surface area contributed by atoms with Gasteiger partial charge in [-0.2, -0.15) is 52.7 Å². The smallest absolute Gasteiger partial charge is 0.322 e. The zero-order valence-corrected chi connectivity index (χ0v) is 22.8. The predicted molar refractivity (Wildman–Crippen MR) is 130 cm³/mol. The molecule has 0 spiro atoms. The van der Waals surface area contributed by atoms with Gasteiger partial charge < -0.3 is 10.2 Å². The summed E-state index contributed by atoms with van der Waals surface area (Å²) in [7, 11) is 0.329. The Balaban J connectivity index is 2.20. The number of nitrogens with one attached hydrogen (secondary N) is 1. The highest BCUT2D eigenvalue weighted by molar-refractivity contribution is 9.10. The first-order valence-electron chi connectivity index (χ1n) is 11.4. The number of pyridine rings is 1. The summed E-state index contributed by atoms with van der Waals surface area (Å²) in [6, 6.07) is 4.45. The fourth-order valence-corrected chi connectivity index (χ4v) is 4.32. The van der Waals surface area contributed by atoms with Gasteiger partial charge in [-0.25, -0.2) is 9.37 Å². The fraction of sp³-hybridized carbons (Fsp3) is 0.240. The van der Waals surface area contributed by atoms with E-state index in [1.807, 2.05) is 0 Å². The lowest BCUT2D eigenvalue weighted by atomic mass is 9.89. The van der Waals surface area contributed by atoms with Crippen molar-refractivity contribution in [2.75, 3.05) is 17.3 Å². The Morgan fingerprint density at radius 1 is 0.773 bits per heavy atom. The van der Waals surface area contributed by atoms with Gasteiger partial charge in [0.2, 0.25) is 0 Å². The molecule has 44 heavy (non-hydrogen) atoms. The van der Waals surface area contributed by atoms with Gasteiger partial charge in [0.1, 0.15) is 4.60 Å². The Bertz CT molecular complexity index is 1530. The summed E-state index contributed by atoms with van der Waals surface area (Å²) in [4.78, 5) is 29.1. The Morgan fingerprint density at radius 3 is 1.75 bits per heavy atom. The number of amides is 2. The van der Waals surface area contributed by atoms with Crippen molar-refractivity contribution in [3.8, 4) is 0 Å².